The van der Waals surface area contributed by atoms with E-state index < -0.39 is 83.3 Å². The second-order valence-corrected chi connectivity index (χ2v) is 8.94. The quantitative estimate of drug-likeness (QED) is 0.473. The molecule has 1 aromatic carbocycles. The number of halogens is 6. The maximum absolute atomic E-state index is 14.0. The van der Waals surface area contributed by atoms with E-state index in [1.807, 2.05) is 0 Å². The molecule has 3 aliphatic heterocycles. The van der Waals surface area contributed by atoms with Crippen molar-refractivity contribution in [2.75, 3.05) is 26.4 Å². The summed E-state index contributed by atoms with van der Waals surface area (Å²) in [5.41, 5.74) is -2.69. The first-order chi connectivity index (χ1) is 17.5. The Bertz CT molecular complexity index is 1320. The van der Waals surface area contributed by atoms with Crippen LogP contribution >= 0.6 is 0 Å². The molecule has 5 rings (SSSR count). The number of benzene rings is 1. The van der Waals surface area contributed by atoms with Crippen LogP contribution in [0, 0.1) is 17.5 Å². The Morgan fingerprint density at radius 3 is 2.38 bits per heavy atom. The van der Waals surface area contributed by atoms with Gasteiger partial charge in [0.2, 0.25) is 5.43 Å². The lowest BCUT2D eigenvalue weighted by Crippen LogP contribution is -2.57. The Morgan fingerprint density at radius 1 is 1.08 bits per heavy atom. The standard InChI is InChI=1S/C23H19F6N3O5/c24-10-3-13(25)11(14(26)4-10)5-30-21(34)12-6-31-16-7-36-2-1-15(16)32(9-23(27,28)29)22(35)19(31)18(20(12)33)17-8-37-17/h3-4,6,15-17H,1-2,5,7-9H2,(H,30,34)/t15-,16?,17?/m1/s1. The van der Waals surface area contributed by atoms with Gasteiger partial charge in [-0.1, -0.05) is 0 Å². The number of nitrogens with zero attached hydrogens (tertiary/aromatic N) is 2. The van der Waals surface area contributed by atoms with Crippen LogP contribution < -0.4 is 10.7 Å². The van der Waals surface area contributed by atoms with E-state index in [0.29, 0.717) is 17.0 Å². The SMILES string of the molecule is O=C(NCc1c(F)cc(F)cc1F)c1cn2c(c(C3CO3)c1=O)C(=O)N(CC(F)(F)F)[C@@H]1CCOCC12. The van der Waals surface area contributed by atoms with Crippen LogP contribution in [0.1, 0.15) is 50.5 Å². The molecule has 4 heterocycles. The molecule has 2 fully saturated rings. The van der Waals surface area contributed by atoms with Crippen molar-refractivity contribution in [2.24, 2.45) is 0 Å². The molecule has 2 saturated heterocycles. The van der Waals surface area contributed by atoms with Crippen LogP contribution in [0.15, 0.2) is 23.1 Å². The predicted octanol–water partition coefficient (Wildman–Crippen LogP) is 2.62. The van der Waals surface area contributed by atoms with Crippen molar-refractivity contribution in [1.82, 2.24) is 14.8 Å². The molecule has 198 valence electrons. The summed E-state index contributed by atoms with van der Waals surface area (Å²) >= 11 is 0. The molecule has 2 amide bonds. The molecule has 2 aromatic rings. The average molecular weight is 531 g/mol. The lowest BCUT2D eigenvalue weighted by molar-refractivity contribution is -0.152. The number of aromatic nitrogens is 1. The Kier molecular flexibility index (Phi) is 6.26. The maximum atomic E-state index is 14.0. The van der Waals surface area contributed by atoms with Crippen molar-refractivity contribution in [3.8, 4) is 0 Å². The largest absolute Gasteiger partial charge is 0.406 e. The second kappa shape index (κ2) is 9.17. The summed E-state index contributed by atoms with van der Waals surface area (Å²) < 4.78 is 93.0. The van der Waals surface area contributed by atoms with Crippen LogP contribution in [-0.2, 0) is 16.0 Å². The molecule has 3 atom stereocenters. The molecule has 0 aliphatic carbocycles. The number of carbonyl (C=O) groups is 2. The van der Waals surface area contributed by atoms with Crippen LogP contribution in [0.3, 0.4) is 0 Å². The molecular formula is C23H19F6N3O5. The number of carbonyl (C=O) groups excluding carboxylic acids is 2. The molecule has 8 nitrogen and oxygen atoms in total. The number of amides is 2. The number of hydrogen-bond acceptors (Lipinski definition) is 5. The van der Waals surface area contributed by atoms with Gasteiger partial charge in [0.25, 0.3) is 11.8 Å². The van der Waals surface area contributed by atoms with E-state index in [1.54, 1.807) is 0 Å². The zero-order valence-corrected chi connectivity index (χ0v) is 18.9. The Morgan fingerprint density at radius 2 is 1.76 bits per heavy atom. The number of hydrogen-bond donors (Lipinski definition) is 1. The van der Waals surface area contributed by atoms with E-state index in [-0.39, 0.29) is 37.5 Å². The summed E-state index contributed by atoms with van der Waals surface area (Å²) in [6.07, 6.45) is -4.46. The van der Waals surface area contributed by atoms with Crippen LogP contribution in [0.25, 0.3) is 0 Å². The molecule has 3 aliphatic rings. The first kappa shape index (κ1) is 25.3. The number of pyridine rings is 1. The van der Waals surface area contributed by atoms with E-state index in [1.165, 1.54) is 4.57 Å². The summed E-state index contributed by atoms with van der Waals surface area (Å²) in [5.74, 6) is -5.72. The molecule has 0 radical (unpaired) electrons. The molecule has 1 aromatic heterocycles. The lowest BCUT2D eigenvalue weighted by atomic mass is 9.93. The fourth-order valence-electron chi connectivity index (χ4n) is 4.83. The van der Waals surface area contributed by atoms with Crippen LogP contribution in [0.2, 0.25) is 0 Å². The summed E-state index contributed by atoms with van der Waals surface area (Å²) in [5, 5.41) is 2.20. The van der Waals surface area contributed by atoms with Gasteiger partial charge in [-0.25, -0.2) is 13.2 Å². The monoisotopic (exact) mass is 531 g/mol. The number of epoxide rings is 1. The number of ether oxygens (including phenoxy) is 2. The summed E-state index contributed by atoms with van der Waals surface area (Å²) in [4.78, 5) is 40.2. The van der Waals surface area contributed by atoms with Crippen molar-refractivity contribution in [2.45, 2.75) is 37.3 Å². The van der Waals surface area contributed by atoms with Gasteiger partial charge >= 0.3 is 6.18 Å². The topological polar surface area (TPSA) is 93.2 Å². The van der Waals surface area contributed by atoms with Crippen LogP contribution in [-0.4, -0.2) is 59.9 Å². The van der Waals surface area contributed by atoms with E-state index in [4.69, 9.17) is 9.47 Å². The van der Waals surface area contributed by atoms with Crippen molar-refractivity contribution in [3.05, 3.63) is 68.4 Å². The maximum Gasteiger partial charge on any atom is 0.406 e. The lowest BCUT2D eigenvalue weighted by Gasteiger charge is -2.46. The van der Waals surface area contributed by atoms with Crippen LogP contribution in [0.5, 0.6) is 0 Å². The smallest absolute Gasteiger partial charge is 0.379 e. The number of rotatable bonds is 5. The zero-order chi connectivity index (χ0) is 26.6. The Balaban J connectivity index is 1.55. The molecule has 0 bridgehead atoms. The zero-order valence-electron chi connectivity index (χ0n) is 18.9. The van der Waals surface area contributed by atoms with Crippen molar-refractivity contribution in [1.29, 1.82) is 0 Å². The third-order valence-corrected chi connectivity index (χ3v) is 6.56. The molecule has 2 unspecified atom stereocenters. The highest BCUT2D eigenvalue weighted by molar-refractivity contribution is 5.98. The number of alkyl halides is 3. The molecule has 0 spiro atoms. The average Bonchev–Trinajstić information content (AvgIpc) is 3.65. The van der Waals surface area contributed by atoms with Gasteiger partial charge in [0.1, 0.15) is 41.4 Å². The van der Waals surface area contributed by atoms with E-state index in [9.17, 15) is 40.7 Å². The minimum atomic E-state index is -4.69. The second-order valence-electron chi connectivity index (χ2n) is 8.94. The summed E-state index contributed by atoms with van der Waals surface area (Å²) in [6, 6.07) is -0.880. The third-order valence-electron chi connectivity index (χ3n) is 6.56. The summed E-state index contributed by atoms with van der Waals surface area (Å²) in [6.45, 7) is -2.21. The molecular weight excluding hydrogens is 512 g/mol. The van der Waals surface area contributed by atoms with Gasteiger partial charge in [-0.2, -0.15) is 13.2 Å². The van der Waals surface area contributed by atoms with E-state index in [0.717, 1.165) is 6.20 Å². The van der Waals surface area contributed by atoms with Gasteiger partial charge in [-0.3, -0.25) is 14.4 Å². The normalized spacial score (nSPS) is 22.9. The Labute approximate surface area is 204 Å². The fourth-order valence-corrected chi connectivity index (χ4v) is 4.83. The first-order valence-corrected chi connectivity index (χ1v) is 11.2. The molecule has 14 heteroatoms. The van der Waals surface area contributed by atoms with Crippen molar-refractivity contribution >= 4 is 11.8 Å². The highest BCUT2D eigenvalue weighted by Crippen LogP contribution is 2.39. The van der Waals surface area contributed by atoms with Crippen molar-refractivity contribution < 1.29 is 45.4 Å². The minimum Gasteiger partial charge on any atom is -0.379 e. The molecule has 1 N–H and O–H groups in total. The molecule has 0 saturated carbocycles. The van der Waals surface area contributed by atoms with Gasteiger partial charge in [0.05, 0.1) is 30.9 Å². The van der Waals surface area contributed by atoms with Gasteiger partial charge < -0.3 is 24.3 Å². The molecule has 37 heavy (non-hydrogen) atoms. The number of nitrogens with one attached hydrogen (secondary N) is 1. The van der Waals surface area contributed by atoms with Crippen molar-refractivity contribution in [3.63, 3.8) is 0 Å². The third kappa shape index (κ3) is 4.70. The highest BCUT2D eigenvalue weighted by Gasteiger charge is 2.48. The predicted molar refractivity (Wildman–Crippen MR) is 112 cm³/mol. The van der Waals surface area contributed by atoms with E-state index in [2.05, 4.69) is 5.32 Å². The van der Waals surface area contributed by atoms with Gasteiger partial charge in [-0.15, -0.1) is 0 Å². The number of fused-ring (bicyclic) bond motifs is 3. The van der Waals surface area contributed by atoms with E-state index >= 15 is 0 Å². The van der Waals surface area contributed by atoms with Gasteiger partial charge in [0.15, 0.2) is 0 Å². The van der Waals surface area contributed by atoms with Crippen LogP contribution in [0.4, 0.5) is 26.3 Å². The van der Waals surface area contributed by atoms with Gasteiger partial charge in [-0.05, 0) is 6.42 Å². The highest BCUT2D eigenvalue weighted by atomic mass is 19.4. The minimum absolute atomic E-state index is 0.0104. The first-order valence-electron chi connectivity index (χ1n) is 11.2. The summed E-state index contributed by atoms with van der Waals surface area (Å²) in [7, 11) is 0. The fraction of sp³-hybridized carbons (Fsp3) is 0.435. The Hall–Kier alpha value is -3.39. The van der Waals surface area contributed by atoms with Gasteiger partial charge in [0, 0.05) is 37.0 Å².